The summed E-state index contributed by atoms with van der Waals surface area (Å²) >= 11 is 12.6. The summed E-state index contributed by atoms with van der Waals surface area (Å²) in [5.41, 5.74) is 3.35. The van der Waals surface area contributed by atoms with Crippen LogP contribution in [0.3, 0.4) is 0 Å². The summed E-state index contributed by atoms with van der Waals surface area (Å²) < 4.78 is 0. The van der Waals surface area contributed by atoms with Gasteiger partial charge in [-0.2, -0.15) is 0 Å². The van der Waals surface area contributed by atoms with Gasteiger partial charge in [0.1, 0.15) is 0 Å². The van der Waals surface area contributed by atoms with Crippen molar-refractivity contribution in [2.45, 2.75) is 71.3 Å². The SMILES string of the molecule is CCCCCCN(CCCCCC)CC(O)c1cc(-c2ccc(Cl)cc2)nc2c(Cl)cccc12.Cl. The molecule has 6 heteroatoms. The molecule has 192 valence electrons. The monoisotopic (exact) mass is 536 g/mol. The Morgan fingerprint density at radius 1 is 0.857 bits per heavy atom. The normalized spacial score (nSPS) is 12.2. The second-order valence-corrected chi connectivity index (χ2v) is 10.0. The first-order valence-electron chi connectivity index (χ1n) is 12.8. The molecule has 0 aliphatic carbocycles. The smallest absolute Gasteiger partial charge is 0.0924 e. The Hall–Kier alpha value is -1.36. The van der Waals surface area contributed by atoms with Gasteiger partial charge in [-0.1, -0.05) is 99.8 Å². The maximum atomic E-state index is 11.5. The van der Waals surface area contributed by atoms with E-state index in [-0.39, 0.29) is 12.4 Å². The van der Waals surface area contributed by atoms with Gasteiger partial charge in [-0.3, -0.25) is 0 Å². The summed E-state index contributed by atoms with van der Waals surface area (Å²) in [5.74, 6) is 0. The fourth-order valence-electron chi connectivity index (χ4n) is 4.45. The van der Waals surface area contributed by atoms with Crippen molar-refractivity contribution in [3.05, 3.63) is 64.1 Å². The fraction of sp³-hybridized carbons (Fsp3) is 0.483. The highest BCUT2D eigenvalue weighted by Crippen LogP contribution is 2.33. The van der Waals surface area contributed by atoms with Crippen LogP contribution in [-0.2, 0) is 0 Å². The highest BCUT2D eigenvalue weighted by Gasteiger charge is 2.19. The van der Waals surface area contributed by atoms with Crippen molar-refractivity contribution in [3.63, 3.8) is 0 Å². The number of aliphatic hydroxyl groups excluding tert-OH is 1. The number of fused-ring (bicyclic) bond motifs is 1. The van der Waals surface area contributed by atoms with Gasteiger partial charge >= 0.3 is 0 Å². The Bertz CT molecular complexity index is 1010. The lowest BCUT2D eigenvalue weighted by molar-refractivity contribution is 0.111. The first kappa shape index (κ1) is 29.9. The van der Waals surface area contributed by atoms with Crippen LogP contribution < -0.4 is 0 Å². The lowest BCUT2D eigenvalue weighted by Gasteiger charge is -2.26. The number of rotatable bonds is 14. The number of hydrogen-bond acceptors (Lipinski definition) is 3. The number of unbranched alkanes of at least 4 members (excludes halogenated alkanes) is 6. The molecular formula is C29H39Cl3N2O. The van der Waals surface area contributed by atoms with Gasteiger partial charge in [0.2, 0.25) is 0 Å². The van der Waals surface area contributed by atoms with E-state index in [1.165, 1.54) is 51.4 Å². The number of aliphatic hydroxyl groups is 1. The van der Waals surface area contributed by atoms with Crippen LogP contribution in [-0.4, -0.2) is 34.6 Å². The van der Waals surface area contributed by atoms with Crippen LogP contribution in [0, 0.1) is 0 Å². The average molecular weight is 538 g/mol. The first-order valence-corrected chi connectivity index (χ1v) is 13.5. The predicted molar refractivity (Wildman–Crippen MR) is 154 cm³/mol. The lowest BCUT2D eigenvalue weighted by Crippen LogP contribution is -2.31. The molecule has 0 radical (unpaired) electrons. The molecular weight excluding hydrogens is 499 g/mol. The van der Waals surface area contributed by atoms with E-state index in [4.69, 9.17) is 28.2 Å². The van der Waals surface area contributed by atoms with Crippen LogP contribution in [0.25, 0.3) is 22.2 Å². The Kier molecular flexibility index (Phi) is 13.4. The molecule has 3 aromatic rings. The van der Waals surface area contributed by atoms with Crippen molar-refractivity contribution in [1.29, 1.82) is 0 Å². The Labute approximate surface area is 227 Å². The molecule has 1 heterocycles. The molecule has 3 rings (SSSR count). The van der Waals surface area contributed by atoms with Gasteiger partial charge in [0, 0.05) is 22.5 Å². The van der Waals surface area contributed by atoms with Crippen molar-refractivity contribution in [3.8, 4) is 11.3 Å². The molecule has 0 bridgehead atoms. The molecule has 0 aliphatic heterocycles. The van der Waals surface area contributed by atoms with E-state index in [9.17, 15) is 5.11 Å². The van der Waals surface area contributed by atoms with E-state index in [1.54, 1.807) is 0 Å². The number of hydrogen-bond donors (Lipinski definition) is 1. The van der Waals surface area contributed by atoms with E-state index < -0.39 is 6.10 Å². The van der Waals surface area contributed by atoms with Crippen molar-refractivity contribution in [1.82, 2.24) is 9.88 Å². The molecule has 2 aromatic carbocycles. The molecule has 1 atom stereocenters. The number of nitrogens with zero attached hydrogens (tertiary/aromatic N) is 2. The maximum Gasteiger partial charge on any atom is 0.0924 e. The molecule has 1 N–H and O–H groups in total. The molecule has 1 unspecified atom stereocenters. The minimum Gasteiger partial charge on any atom is -0.387 e. The molecule has 1 aromatic heterocycles. The summed E-state index contributed by atoms with van der Waals surface area (Å²) in [6, 6.07) is 15.4. The summed E-state index contributed by atoms with van der Waals surface area (Å²) in [6.07, 6.45) is 9.22. The summed E-state index contributed by atoms with van der Waals surface area (Å²) in [6.45, 7) is 7.15. The van der Waals surface area contributed by atoms with Gasteiger partial charge in [-0.25, -0.2) is 4.98 Å². The zero-order valence-electron chi connectivity index (χ0n) is 21.0. The number of aromatic nitrogens is 1. The van der Waals surface area contributed by atoms with E-state index in [2.05, 4.69) is 18.7 Å². The van der Waals surface area contributed by atoms with Crippen LogP contribution in [0.1, 0.15) is 76.9 Å². The summed E-state index contributed by atoms with van der Waals surface area (Å²) in [4.78, 5) is 7.28. The lowest BCUT2D eigenvalue weighted by atomic mass is 9.99. The molecule has 0 fully saturated rings. The van der Waals surface area contributed by atoms with Crippen molar-refractivity contribution < 1.29 is 5.11 Å². The van der Waals surface area contributed by atoms with E-state index in [0.717, 1.165) is 40.8 Å². The zero-order chi connectivity index (χ0) is 24.3. The molecule has 35 heavy (non-hydrogen) atoms. The molecule has 0 amide bonds. The van der Waals surface area contributed by atoms with Crippen LogP contribution in [0.2, 0.25) is 10.0 Å². The van der Waals surface area contributed by atoms with Crippen LogP contribution in [0.4, 0.5) is 0 Å². The van der Waals surface area contributed by atoms with E-state index in [0.29, 0.717) is 16.6 Å². The van der Waals surface area contributed by atoms with Crippen molar-refractivity contribution in [2.75, 3.05) is 19.6 Å². The second kappa shape index (κ2) is 15.7. The van der Waals surface area contributed by atoms with Crippen molar-refractivity contribution in [2.24, 2.45) is 0 Å². The molecule has 0 spiro atoms. The van der Waals surface area contributed by atoms with Gasteiger partial charge in [-0.15, -0.1) is 12.4 Å². The maximum absolute atomic E-state index is 11.5. The summed E-state index contributed by atoms with van der Waals surface area (Å²) in [7, 11) is 0. The van der Waals surface area contributed by atoms with Crippen LogP contribution in [0.15, 0.2) is 48.5 Å². The highest BCUT2D eigenvalue weighted by molar-refractivity contribution is 6.35. The van der Waals surface area contributed by atoms with Gasteiger partial charge in [-0.05, 0) is 55.8 Å². The minimum absolute atomic E-state index is 0. The third-order valence-electron chi connectivity index (χ3n) is 6.41. The van der Waals surface area contributed by atoms with Crippen LogP contribution in [0.5, 0.6) is 0 Å². The number of benzene rings is 2. The second-order valence-electron chi connectivity index (χ2n) is 9.18. The van der Waals surface area contributed by atoms with Gasteiger partial charge in [0.15, 0.2) is 0 Å². The third-order valence-corrected chi connectivity index (χ3v) is 6.97. The fourth-order valence-corrected chi connectivity index (χ4v) is 4.79. The molecule has 0 aliphatic rings. The zero-order valence-corrected chi connectivity index (χ0v) is 23.3. The Morgan fingerprint density at radius 2 is 1.49 bits per heavy atom. The third kappa shape index (κ3) is 8.91. The Balaban J connectivity index is 0.00000432. The topological polar surface area (TPSA) is 36.4 Å². The number of para-hydroxylation sites is 1. The average Bonchev–Trinajstić information content (AvgIpc) is 2.84. The van der Waals surface area contributed by atoms with Gasteiger partial charge in [0.25, 0.3) is 0 Å². The quantitative estimate of drug-likeness (QED) is 0.208. The first-order chi connectivity index (χ1) is 16.5. The Morgan fingerprint density at radius 3 is 2.09 bits per heavy atom. The largest absolute Gasteiger partial charge is 0.387 e. The van der Waals surface area contributed by atoms with Gasteiger partial charge in [0.05, 0.1) is 22.3 Å². The van der Waals surface area contributed by atoms with E-state index >= 15 is 0 Å². The van der Waals surface area contributed by atoms with Crippen LogP contribution >= 0.6 is 35.6 Å². The van der Waals surface area contributed by atoms with E-state index in [1.807, 2.05) is 48.5 Å². The minimum atomic E-state index is -0.618. The number of pyridine rings is 1. The molecule has 3 nitrogen and oxygen atoms in total. The number of halogens is 3. The van der Waals surface area contributed by atoms with Gasteiger partial charge < -0.3 is 10.0 Å². The highest BCUT2D eigenvalue weighted by atomic mass is 35.5. The molecule has 0 saturated heterocycles. The summed E-state index contributed by atoms with van der Waals surface area (Å²) in [5, 5.41) is 13.7. The molecule has 0 saturated carbocycles. The predicted octanol–water partition coefficient (Wildman–Crippen LogP) is 9.13. The van der Waals surface area contributed by atoms with Crippen molar-refractivity contribution >= 4 is 46.5 Å². The standard InChI is InChI=1S/C29H38Cl2N2O.ClH/c1-3-5-7-9-18-33(19-10-8-6-4-2)21-28(34)25-20-27(22-14-16-23(30)17-15-22)32-29-24(25)12-11-13-26(29)31;/h11-17,20,28,34H,3-10,18-19,21H2,1-2H3;1H.